The zero-order valence-corrected chi connectivity index (χ0v) is 19.6. The summed E-state index contributed by atoms with van der Waals surface area (Å²) in [6, 6.07) is 35.0. The lowest BCUT2D eigenvalue weighted by molar-refractivity contribution is 1.15. The van der Waals surface area contributed by atoms with Gasteiger partial charge in [0.2, 0.25) is 0 Å². The number of aromatic nitrogens is 2. The molecular formula is C32H20N4. The van der Waals surface area contributed by atoms with E-state index in [1.54, 1.807) is 12.4 Å². The molecule has 0 radical (unpaired) electrons. The Morgan fingerprint density at radius 2 is 1.39 bits per heavy atom. The Kier molecular flexibility index (Phi) is 5.07. The molecule has 0 saturated heterocycles. The van der Waals surface area contributed by atoms with Crippen LogP contribution in [-0.2, 0) is 0 Å². The first-order valence-electron chi connectivity index (χ1n) is 11.7. The standard InChI is InChI=1S/C32H20N4/c1-21-16-28(24-12-14-35-15-13-24)26(20-34)18-32(21)36-30-5-3-2-4-27(30)29-17-25(10-11-31(29)36)23-8-6-22(19-33)7-9-23/h2-18H,1H3. The lowest BCUT2D eigenvalue weighted by atomic mass is 9.97. The van der Waals surface area contributed by atoms with Gasteiger partial charge in [-0.25, -0.2) is 0 Å². The summed E-state index contributed by atoms with van der Waals surface area (Å²) in [5.41, 5.74) is 9.56. The summed E-state index contributed by atoms with van der Waals surface area (Å²) in [4.78, 5) is 4.11. The van der Waals surface area contributed by atoms with E-state index < -0.39 is 0 Å². The van der Waals surface area contributed by atoms with Crippen LogP contribution in [-0.4, -0.2) is 9.55 Å². The van der Waals surface area contributed by atoms with Crippen LogP contribution in [0.2, 0.25) is 0 Å². The minimum absolute atomic E-state index is 0.627. The molecule has 6 aromatic rings. The monoisotopic (exact) mass is 460 g/mol. The number of nitrogens with zero attached hydrogens (tertiary/aromatic N) is 4. The number of hydrogen-bond donors (Lipinski definition) is 0. The molecular weight excluding hydrogens is 440 g/mol. The summed E-state index contributed by atoms with van der Waals surface area (Å²) < 4.78 is 2.25. The van der Waals surface area contributed by atoms with E-state index in [9.17, 15) is 5.26 Å². The zero-order chi connectivity index (χ0) is 24.6. The molecule has 0 amide bonds. The molecule has 0 aliphatic carbocycles. The van der Waals surface area contributed by atoms with Crippen LogP contribution in [0.4, 0.5) is 0 Å². The Morgan fingerprint density at radius 3 is 2.14 bits per heavy atom. The zero-order valence-electron chi connectivity index (χ0n) is 19.6. The van der Waals surface area contributed by atoms with Crippen molar-refractivity contribution in [1.82, 2.24) is 9.55 Å². The maximum Gasteiger partial charge on any atom is 0.0998 e. The molecule has 0 atom stereocenters. The van der Waals surface area contributed by atoms with Crippen molar-refractivity contribution < 1.29 is 0 Å². The molecule has 2 aromatic heterocycles. The number of benzene rings is 4. The first-order valence-corrected chi connectivity index (χ1v) is 11.7. The minimum atomic E-state index is 0.627. The third kappa shape index (κ3) is 3.41. The van der Waals surface area contributed by atoms with Gasteiger partial charge in [-0.15, -0.1) is 0 Å². The summed E-state index contributed by atoms with van der Waals surface area (Å²) in [6.07, 6.45) is 3.50. The molecule has 2 heterocycles. The number of para-hydroxylation sites is 1. The van der Waals surface area contributed by atoms with Crippen LogP contribution in [0.15, 0.2) is 103 Å². The lowest BCUT2D eigenvalue weighted by Crippen LogP contribution is -1.99. The molecule has 0 spiro atoms. The van der Waals surface area contributed by atoms with Crippen molar-refractivity contribution in [3.05, 3.63) is 120 Å². The van der Waals surface area contributed by atoms with Gasteiger partial charge >= 0.3 is 0 Å². The molecule has 0 bridgehead atoms. The highest BCUT2D eigenvalue weighted by Crippen LogP contribution is 2.37. The molecule has 6 rings (SSSR count). The van der Waals surface area contributed by atoms with Crippen LogP contribution in [0.1, 0.15) is 16.7 Å². The largest absolute Gasteiger partial charge is 0.309 e. The number of hydrogen-bond acceptors (Lipinski definition) is 3. The Labute approximate surface area is 208 Å². The number of fused-ring (bicyclic) bond motifs is 3. The van der Waals surface area contributed by atoms with Crippen molar-refractivity contribution in [3.63, 3.8) is 0 Å². The number of rotatable bonds is 3. The van der Waals surface area contributed by atoms with Crippen LogP contribution >= 0.6 is 0 Å². The van der Waals surface area contributed by atoms with Crippen LogP contribution in [0.5, 0.6) is 0 Å². The fraction of sp³-hybridized carbons (Fsp3) is 0.0312. The molecule has 36 heavy (non-hydrogen) atoms. The van der Waals surface area contributed by atoms with Gasteiger partial charge in [0, 0.05) is 23.2 Å². The normalized spacial score (nSPS) is 10.9. The van der Waals surface area contributed by atoms with E-state index in [0.717, 1.165) is 55.3 Å². The Balaban J connectivity index is 1.59. The minimum Gasteiger partial charge on any atom is -0.309 e. The maximum absolute atomic E-state index is 10.0. The molecule has 0 N–H and O–H groups in total. The van der Waals surface area contributed by atoms with Crippen molar-refractivity contribution in [2.75, 3.05) is 0 Å². The van der Waals surface area contributed by atoms with Gasteiger partial charge in [0.05, 0.1) is 40.0 Å². The third-order valence-corrected chi connectivity index (χ3v) is 6.71. The number of nitriles is 2. The van der Waals surface area contributed by atoms with Gasteiger partial charge in [-0.2, -0.15) is 10.5 Å². The van der Waals surface area contributed by atoms with E-state index in [-0.39, 0.29) is 0 Å². The fourth-order valence-corrected chi connectivity index (χ4v) is 4.95. The van der Waals surface area contributed by atoms with Crippen molar-refractivity contribution in [3.8, 4) is 40.1 Å². The SMILES string of the molecule is Cc1cc(-c2ccncc2)c(C#N)cc1-n1c2ccccc2c2cc(-c3ccc(C#N)cc3)ccc21. The average Bonchev–Trinajstić information content (AvgIpc) is 3.27. The highest BCUT2D eigenvalue weighted by atomic mass is 15.0. The van der Waals surface area contributed by atoms with Crippen LogP contribution < -0.4 is 0 Å². The molecule has 4 nitrogen and oxygen atoms in total. The quantitative estimate of drug-likeness (QED) is 0.274. The van der Waals surface area contributed by atoms with Crippen molar-refractivity contribution in [1.29, 1.82) is 10.5 Å². The predicted molar refractivity (Wildman–Crippen MR) is 144 cm³/mol. The van der Waals surface area contributed by atoms with Gasteiger partial charge in [-0.3, -0.25) is 4.98 Å². The summed E-state index contributed by atoms with van der Waals surface area (Å²) in [5, 5.41) is 21.5. The molecule has 0 saturated carbocycles. The smallest absolute Gasteiger partial charge is 0.0998 e. The second-order valence-electron chi connectivity index (χ2n) is 8.81. The van der Waals surface area contributed by atoms with E-state index in [2.05, 4.69) is 71.1 Å². The molecule has 168 valence electrons. The Bertz CT molecular complexity index is 1850. The van der Waals surface area contributed by atoms with Gasteiger partial charge in [-0.1, -0.05) is 36.4 Å². The van der Waals surface area contributed by atoms with Gasteiger partial charge in [0.15, 0.2) is 0 Å². The lowest BCUT2D eigenvalue weighted by Gasteiger charge is -2.15. The first kappa shape index (κ1) is 21.4. The molecule has 0 fully saturated rings. The van der Waals surface area contributed by atoms with E-state index in [1.165, 1.54) is 0 Å². The summed E-state index contributed by atoms with van der Waals surface area (Å²) >= 11 is 0. The second-order valence-corrected chi connectivity index (χ2v) is 8.81. The Hall–Kier alpha value is -5.19. The number of pyridine rings is 1. The van der Waals surface area contributed by atoms with Gasteiger partial charge in [0.25, 0.3) is 0 Å². The van der Waals surface area contributed by atoms with Gasteiger partial charge in [-0.05, 0) is 89.3 Å². The highest BCUT2D eigenvalue weighted by molar-refractivity contribution is 6.10. The van der Waals surface area contributed by atoms with Crippen LogP contribution in [0.25, 0.3) is 49.7 Å². The highest BCUT2D eigenvalue weighted by Gasteiger charge is 2.17. The van der Waals surface area contributed by atoms with Gasteiger partial charge in [0.1, 0.15) is 0 Å². The van der Waals surface area contributed by atoms with Crippen LogP contribution in [0, 0.1) is 29.6 Å². The van der Waals surface area contributed by atoms with Crippen molar-refractivity contribution >= 4 is 21.8 Å². The molecule has 0 aliphatic rings. The van der Waals surface area contributed by atoms with Crippen molar-refractivity contribution in [2.24, 2.45) is 0 Å². The number of aryl methyl sites for hydroxylation is 1. The van der Waals surface area contributed by atoms with Gasteiger partial charge < -0.3 is 4.57 Å². The van der Waals surface area contributed by atoms with E-state index in [0.29, 0.717) is 11.1 Å². The third-order valence-electron chi connectivity index (χ3n) is 6.71. The van der Waals surface area contributed by atoms with Crippen molar-refractivity contribution in [2.45, 2.75) is 6.92 Å². The van der Waals surface area contributed by atoms with E-state index >= 15 is 0 Å². The fourth-order valence-electron chi connectivity index (χ4n) is 4.95. The first-order chi connectivity index (χ1) is 17.7. The molecule has 0 aliphatic heterocycles. The topological polar surface area (TPSA) is 65.4 Å². The summed E-state index contributed by atoms with van der Waals surface area (Å²) in [7, 11) is 0. The average molecular weight is 461 g/mol. The van der Waals surface area contributed by atoms with Crippen LogP contribution in [0.3, 0.4) is 0 Å². The molecule has 0 unspecified atom stereocenters. The molecule has 4 heteroatoms. The van der Waals surface area contributed by atoms with E-state index in [4.69, 9.17) is 5.26 Å². The Morgan fingerprint density at radius 1 is 0.667 bits per heavy atom. The summed E-state index contributed by atoms with van der Waals surface area (Å²) in [5.74, 6) is 0. The summed E-state index contributed by atoms with van der Waals surface area (Å²) in [6.45, 7) is 2.09. The van der Waals surface area contributed by atoms with E-state index in [1.807, 2.05) is 48.5 Å². The molecule has 4 aromatic carbocycles. The maximum atomic E-state index is 10.0. The second kappa shape index (κ2) is 8.55. The predicted octanol–water partition coefficient (Wildman–Crippen LogP) is 7.56.